The Morgan fingerprint density at radius 1 is 1.38 bits per heavy atom. The van der Waals surface area contributed by atoms with Crippen LogP contribution in [-0.4, -0.2) is 12.9 Å². The molecule has 0 amide bonds. The molecule has 0 saturated carbocycles. The maximum absolute atomic E-state index is 10.4. The Morgan fingerprint density at radius 3 is 2.92 bits per heavy atom. The molecule has 0 bridgehead atoms. The molecule has 1 fully saturated rings. The first-order chi connectivity index (χ1) is 6.40. The van der Waals surface area contributed by atoms with Crippen LogP contribution in [0, 0.1) is 0 Å². The van der Waals surface area contributed by atoms with Crippen LogP contribution < -0.4 is 0 Å². The van der Waals surface area contributed by atoms with Crippen LogP contribution >= 0.6 is 0 Å². The van der Waals surface area contributed by atoms with E-state index in [4.69, 9.17) is 9.15 Å². The monoisotopic (exact) mass is 180 g/mol. The van der Waals surface area contributed by atoms with Gasteiger partial charge in [0.2, 0.25) is 0 Å². The molecule has 3 nitrogen and oxygen atoms in total. The Morgan fingerprint density at radius 2 is 2.31 bits per heavy atom. The summed E-state index contributed by atoms with van der Waals surface area (Å²) in [5.41, 5.74) is 0. The second kappa shape index (κ2) is 3.75. The van der Waals surface area contributed by atoms with E-state index in [1.54, 1.807) is 6.07 Å². The molecule has 0 unspecified atom stereocenters. The molecule has 0 aromatic carbocycles. The fraction of sp³-hybridized carbons (Fsp3) is 0.500. The number of furan rings is 1. The summed E-state index contributed by atoms with van der Waals surface area (Å²) >= 11 is 0. The highest BCUT2D eigenvalue weighted by Crippen LogP contribution is 2.28. The number of aldehydes is 1. The molecule has 1 aliphatic heterocycles. The number of carbonyl (C=O) groups excluding carboxylic acids is 1. The highest BCUT2D eigenvalue weighted by atomic mass is 16.5. The SMILES string of the molecule is O=Cc1ccc([C@H]2CCCCO2)o1. The minimum atomic E-state index is 0.0578. The molecular formula is C10H12O3. The normalized spacial score (nSPS) is 22.9. The first-order valence-corrected chi connectivity index (χ1v) is 4.56. The van der Waals surface area contributed by atoms with E-state index in [0.29, 0.717) is 12.0 Å². The number of hydrogen-bond acceptors (Lipinski definition) is 3. The van der Waals surface area contributed by atoms with Gasteiger partial charge in [-0.3, -0.25) is 4.79 Å². The fourth-order valence-corrected chi connectivity index (χ4v) is 1.57. The summed E-state index contributed by atoms with van der Waals surface area (Å²) < 4.78 is 10.8. The molecule has 1 aromatic heterocycles. The summed E-state index contributed by atoms with van der Waals surface area (Å²) in [5.74, 6) is 1.16. The molecule has 2 rings (SSSR count). The van der Waals surface area contributed by atoms with E-state index < -0.39 is 0 Å². The van der Waals surface area contributed by atoms with Crippen molar-refractivity contribution in [3.8, 4) is 0 Å². The molecule has 1 aliphatic rings. The third kappa shape index (κ3) is 1.80. The number of rotatable bonds is 2. The lowest BCUT2D eigenvalue weighted by Gasteiger charge is -2.20. The average molecular weight is 180 g/mol. The van der Waals surface area contributed by atoms with E-state index in [1.165, 1.54) is 6.42 Å². The Bertz CT molecular complexity index is 284. The number of hydrogen-bond donors (Lipinski definition) is 0. The van der Waals surface area contributed by atoms with E-state index in [0.717, 1.165) is 25.2 Å². The van der Waals surface area contributed by atoms with Crippen molar-refractivity contribution in [2.75, 3.05) is 6.61 Å². The zero-order valence-electron chi connectivity index (χ0n) is 7.36. The molecule has 1 aromatic rings. The van der Waals surface area contributed by atoms with Gasteiger partial charge in [0.15, 0.2) is 12.0 Å². The summed E-state index contributed by atoms with van der Waals surface area (Å²) in [6.07, 6.45) is 4.06. The summed E-state index contributed by atoms with van der Waals surface area (Å²) in [5, 5.41) is 0. The van der Waals surface area contributed by atoms with Crippen molar-refractivity contribution in [3.05, 3.63) is 23.7 Å². The summed E-state index contributed by atoms with van der Waals surface area (Å²) in [4.78, 5) is 10.4. The van der Waals surface area contributed by atoms with Gasteiger partial charge in [-0.1, -0.05) is 0 Å². The van der Waals surface area contributed by atoms with Gasteiger partial charge in [0.05, 0.1) is 0 Å². The van der Waals surface area contributed by atoms with Gasteiger partial charge in [-0.2, -0.15) is 0 Å². The molecule has 2 heterocycles. The first kappa shape index (κ1) is 8.51. The maximum atomic E-state index is 10.4. The molecule has 1 atom stereocenters. The van der Waals surface area contributed by atoms with Gasteiger partial charge in [0, 0.05) is 6.61 Å². The van der Waals surface area contributed by atoms with Gasteiger partial charge < -0.3 is 9.15 Å². The molecule has 70 valence electrons. The van der Waals surface area contributed by atoms with E-state index in [2.05, 4.69) is 0 Å². The van der Waals surface area contributed by atoms with Crippen LogP contribution in [0.4, 0.5) is 0 Å². The minimum Gasteiger partial charge on any atom is -0.456 e. The van der Waals surface area contributed by atoms with Gasteiger partial charge in [0.1, 0.15) is 11.9 Å². The lowest BCUT2D eigenvalue weighted by Crippen LogP contribution is -2.10. The van der Waals surface area contributed by atoms with Crippen molar-refractivity contribution in [3.63, 3.8) is 0 Å². The fourth-order valence-electron chi connectivity index (χ4n) is 1.57. The molecule has 3 heteroatoms. The number of ether oxygens (including phenoxy) is 1. The molecule has 0 radical (unpaired) electrons. The molecule has 1 saturated heterocycles. The average Bonchev–Trinajstić information content (AvgIpc) is 2.67. The van der Waals surface area contributed by atoms with Crippen molar-refractivity contribution in [2.45, 2.75) is 25.4 Å². The Kier molecular flexibility index (Phi) is 2.45. The zero-order chi connectivity index (χ0) is 9.10. The van der Waals surface area contributed by atoms with Gasteiger partial charge in [0.25, 0.3) is 0 Å². The summed E-state index contributed by atoms with van der Waals surface area (Å²) in [6.45, 7) is 0.793. The highest BCUT2D eigenvalue weighted by Gasteiger charge is 2.18. The molecule has 0 N–H and O–H groups in total. The van der Waals surface area contributed by atoms with E-state index >= 15 is 0 Å². The van der Waals surface area contributed by atoms with Crippen LogP contribution in [0.15, 0.2) is 16.5 Å². The van der Waals surface area contributed by atoms with Crippen LogP contribution in [0.1, 0.15) is 41.7 Å². The van der Waals surface area contributed by atoms with Crippen LogP contribution in [0.5, 0.6) is 0 Å². The molecule has 13 heavy (non-hydrogen) atoms. The second-order valence-electron chi connectivity index (χ2n) is 3.21. The summed E-state index contributed by atoms with van der Waals surface area (Å²) in [7, 11) is 0. The van der Waals surface area contributed by atoms with Crippen LogP contribution in [0.25, 0.3) is 0 Å². The highest BCUT2D eigenvalue weighted by molar-refractivity contribution is 5.70. The second-order valence-corrected chi connectivity index (χ2v) is 3.21. The van der Waals surface area contributed by atoms with Crippen LogP contribution in [0.3, 0.4) is 0 Å². The lowest BCUT2D eigenvalue weighted by atomic mass is 10.1. The predicted octanol–water partition coefficient (Wildman–Crippen LogP) is 2.33. The van der Waals surface area contributed by atoms with Gasteiger partial charge in [-0.05, 0) is 31.4 Å². The smallest absolute Gasteiger partial charge is 0.185 e. The van der Waals surface area contributed by atoms with Crippen molar-refractivity contribution in [1.29, 1.82) is 0 Å². The summed E-state index contributed by atoms with van der Waals surface area (Å²) in [6, 6.07) is 3.50. The largest absolute Gasteiger partial charge is 0.456 e. The third-order valence-electron chi connectivity index (χ3n) is 2.26. The van der Waals surface area contributed by atoms with E-state index in [9.17, 15) is 4.79 Å². The first-order valence-electron chi connectivity index (χ1n) is 4.56. The minimum absolute atomic E-state index is 0.0578. The van der Waals surface area contributed by atoms with Crippen LogP contribution in [0.2, 0.25) is 0 Å². The quantitative estimate of drug-likeness (QED) is 0.656. The zero-order valence-corrected chi connectivity index (χ0v) is 7.36. The van der Waals surface area contributed by atoms with Crippen molar-refractivity contribution in [1.82, 2.24) is 0 Å². The van der Waals surface area contributed by atoms with Gasteiger partial charge >= 0.3 is 0 Å². The predicted molar refractivity (Wildman–Crippen MR) is 46.6 cm³/mol. The molecule has 0 spiro atoms. The Hall–Kier alpha value is -1.09. The number of carbonyl (C=O) groups is 1. The van der Waals surface area contributed by atoms with Crippen LogP contribution in [-0.2, 0) is 4.74 Å². The molecule has 0 aliphatic carbocycles. The van der Waals surface area contributed by atoms with Crippen molar-refractivity contribution in [2.24, 2.45) is 0 Å². The van der Waals surface area contributed by atoms with Crippen molar-refractivity contribution < 1.29 is 13.9 Å². The standard InChI is InChI=1S/C10H12O3/c11-7-8-4-5-10(13-8)9-3-1-2-6-12-9/h4-5,7,9H,1-3,6H2/t9-/m1/s1. The topological polar surface area (TPSA) is 39.4 Å². The third-order valence-corrected chi connectivity index (χ3v) is 2.26. The van der Waals surface area contributed by atoms with Gasteiger partial charge in [-0.25, -0.2) is 0 Å². The Labute approximate surface area is 76.7 Å². The maximum Gasteiger partial charge on any atom is 0.185 e. The van der Waals surface area contributed by atoms with Gasteiger partial charge in [-0.15, -0.1) is 0 Å². The van der Waals surface area contributed by atoms with E-state index in [1.807, 2.05) is 6.07 Å². The van der Waals surface area contributed by atoms with Crippen molar-refractivity contribution >= 4 is 6.29 Å². The Balaban J connectivity index is 2.09. The van der Waals surface area contributed by atoms with E-state index in [-0.39, 0.29) is 6.10 Å². The lowest BCUT2D eigenvalue weighted by molar-refractivity contribution is 0.00154. The molecular weight excluding hydrogens is 168 g/mol.